The lowest BCUT2D eigenvalue weighted by atomic mass is 9.98. The molecule has 2 aromatic carbocycles. The molecule has 3 rings (SSSR count). The molecule has 1 amide bonds. The lowest BCUT2D eigenvalue weighted by molar-refractivity contribution is 0.0735. The number of phenols is 1. The van der Waals surface area contributed by atoms with E-state index in [0.29, 0.717) is 30.0 Å². The fourth-order valence-electron chi connectivity index (χ4n) is 2.66. The largest absolute Gasteiger partial charge is 0.508 e. The summed E-state index contributed by atoms with van der Waals surface area (Å²) in [4.78, 5) is 14.3. The number of carbonyl (C=O) groups is 1. The van der Waals surface area contributed by atoms with E-state index in [1.54, 1.807) is 35.2 Å². The molecule has 0 aliphatic carbocycles. The number of fused-ring (bicyclic) bond motifs is 1. The first-order valence-corrected chi connectivity index (χ1v) is 6.79. The van der Waals surface area contributed by atoms with Crippen LogP contribution in [0.3, 0.4) is 0 Å². The van der Waals surface area contributed by atoms with Crippen LogP contribution in [0.4, 0.5) is 11.4 Å². The van der Waals surface area contributed by atoms with Gasteiger partial charge in [-0.15, -0.1) is 0 Å². The Kier molecular flexibility index (Phi) is 3.17. The van der Waals surface area contributed by atoms with E-state index in [1.165, 1.54) is 5.56 Å². The minimum Gasteiger partial charge on any atom is -0.508 e. The summed E-state index contributed by atoms with van der Waals surface area (Å²) in [5.74, 6) is 0.108. The lowest BCUT2D eigenvalue weighted by Gasteiger charge is -2.29. The molecule has 0 aromatic heterocycles. The fraction of sp³-hybridized carbons (Fsp3) is 0.188. The number of nitrogens with zero attached hydrogens (tertiary/aromatic N) is 1. The SMILES string of the molecule is Nc1ccc(C(=O)N2CCc3ccc(O)cc3C2)c(N)c1. The van der Waals surface area contributed by atoms with Crippen molar-refractivity contribution in [2.24, 2.45) is 0 Å². The van der Waals surface area contributed by atoms with Crippen LogP contribution in [0.25, 0.3) is 0 Å². The van der Waals surface area contributed by atoms with Gasteiger partial charge in [-0.25, -0.2) is 0 Å². The number of rotatable bonds is 1. The van der Waals surface area contributed by atoms with Crippen molar-refractivity contribution in [2.75, 3.05) is 18.0 Å². The standard InChI is InChI=1S/C16H17N3O2/c17-12-2-4-14(15(18)8-12)16(21)19-6-5-10-1-3-13(20)7-11(10)9-19/h1-4,7-8,20H,5-6,9,17-18H2. The summed E-state index contributed by atoms with van der Waals surface area (Å²) >= 11 is 0. The zero-order valence-electron chi connectivity index (χ0n) is 11.5. The van der Waals surface area contributed by atoms with Crippen molar-refractivity contribution < 1.29 is 9.90 Å². The van der Waals surface area contributed by atoms with Crippen molar-refractivity contribution in [1.29, 1.82) is 0 Å². The second kappa shape index (κ2) is 5.01. The van der Waals surface area contributed by atoms with Crippen molar-refractivity contribution in [1.82, 2.24) is 4.90 Å². The first-order chi connectivity index (χ1) is 10.0. The summed E-state index contributed by atoms with van der Waals surface area (Å²) in [7, 11) is 0. The maximum Gasteiger partial charge on any atom is 0.256 e. The van der Waals surface area contributed by atoms with Crippen LogP contribution in [0.15, 0.2) is 36.4 Å². The number of amides is 1. The minimum absolute atomic E-state index is 0.110. The smallest absolute Gasteiger partial charge is 0.256 e. The molecule has 2 aromatic rings. The normalized spacial score (nSPS) is 13.8. The van der Waals surface area contributed by atoms with E-state index in [9.17, 15) is 9.90 Å². The van der Waals surface area contributed by atoms with Gasteiger partial charge in [-0.05, 0) is 47.9 Å². The molecule has 5 heteroatoms. The Morgan fingerprint density at radius 3 is 2.67 bits per heavy atom. The maximum absolute atomic E-state index is 12.6. The Labute approximate surface area is 122 Å². The molecule has 0 saturated carbocycles. The Balaban J connectivity index is 1.87. The molecular formula is C16H17N3O2. The van der Waals surface area contributed by atoms with Gasteiger partial charge in [-0.3, -0.25) is 4.79 Å². The maximum atomic E-state index is 12.6. The lowest BCUT2D eigenvalue weighted by Crippen LogP contribution is -2.36. The molecule has 1 aliphatic rings. The number of benzene rings is 2. The van der Waals surface area contributed by atoms with Gasteiger partial charge in [0.15, 0.2) is 0 Å². The van der Waals surface area contributed by atoms with Gasteiger partial charge < -0.3 is 21.5 Å². The molecular weight excluding hydrogens is 266 g/mol. The van der Waals surface area contributed by atoms with Crippen LogP contribution < -0.4 is 11.5 Å². The first-order valence-electron chi connectivity index (χ1n) is 6.79. The van der Waals surface area contributed by atoms with Crippen LogP contribution in [0, 0.1) is 0 Å². The van der Waals surface area contributed by atoms with E-state index in [1.807, 2.05) is 6.07 Å². The molecule has 0 fully saturated rings. The number of aromatic hydroxyl groups is 1. The molecule has 0 unspecified atom stereocenters. The first kappa shape index (κ1) is 13.3. The average Bonchev–Trinajstić information content (AvgIpc) is 2.46. The summed E-state index contributed by atoms with van der Waals surface area (Å²) in [6, 6.07) is 10.2. The third kappa shape index (κ3) is 2.50. The van der Waals surface area contributed by atoms with E-state index in [4.69, 9.17) is 11.5 Å². The van der Waals surface area contributed by atoms with Gasteiger partial charge in [0.05, 0.1) is 5.56 Å². The highest BCUT2D eigenvalue weighted by Gasteiger charge is 2.23. The average molecular weight is 283 g/mol. The van der Waals surface area contributed by atoms with Gasteiger partial charge in [-0.2, -0.15) is 0 Å². The predicted molar refractivity (Wildman–Crippen MR) is 81.8 cm³/mol. The van der Waals surface area contributed by atoms with Crippen molar-refractivity contribution in [3.05, 3.63) is 53.1 Å². The summed E-state index contributed by atoms with van der Waals surface area (Å²) < 4.78 is 0. The van der Waals surface area contributed by atoms with Gasteiger partial charge in [0.2, 0.25) is 0 Å². The summed E-state index contributed by atoms with van der Waals surface area (Å²) in [5.41, 5.74) is 15.1. The molecule has 108 valence electrons. The number of carbonyl (C=O) groups excluding carboxylic acids is 1. The number of nitrogens with two attached hydrogens (primary N) is 2. The number of nitrogen functional groups attached to an aromatic ring is 2. The van der Waals surface area contributed by atoms with Gasteiger partial charge in [0.1, 0.15) is 5.75 Å². The number of hydrogen-bond acceptors (Lipinski definition) is 4. The molecule has 0 spiro atoms. The molecule has 5 nitrogen and oxygen atoms in total. The van der Waals surface area contributed by atoms with Gasteiger partial charge in [0.25, 0.3) is 5.91 Å². The molecule has 1 heterocycles. The number of anilines is 2. The second-order valence-electron chi connectivity index (χ2n) is 5.28. The number of phenolic OH excluding ortho intramolecular Hbond substituents is 1. The zero-order valence-corrected chi connectivity index (χ0v) is 11.5. The third-order valence-electron chi connectivity index (χ3n) is 3.80. The van der Waals surface area contributed by atoms with Crippen LogP contribution in [0.1, 0.15) is 21.5 Å². The summed E-state index contributed by atoms with van der Waals surface area (Å²) in [5, 5.41) is 9.57. The summed E-state index contributed by atoms with van der Waals surface area (Å²) in [6.45, 7) is 1.12. The topological polar surface area (TPSA) is 92.6 Å². The van der Waals surface area contributed by atoms with Gasteiger partial charge >= 0.3 is 0 Å². The molecule has 21 heavy (non-hydrogen) atoms. The molecule has 0 bridgehead atoms. The van der Waals surface area contributed by atoms with Crippen molar-refractivity contribution in [3.8, 4) is 5.75 Å². The Hall–Kier alpha value is -2.69. The highest BCUT2D eigenvalue weighted by Crippen LogP contribution is 2.25. The van der Waals surface area contributed by atoms with Crippen molar-refractivity contribution in [3.63, 3.8) is 0 Å². The summed E-state index contributed by atoms with van der Waals surface area (Å²) in [6.07, 6.45) is 0.774. The second-order valence-corrected chi connectivity index (χ2v) is 5.28. The van der Waals surface area contributed by atoms with Gasteiger partial charge in [0, 0.05) is 24.5 Å². The van der Waals surface area contributed by atoms with E-state index < -0.39 is 0 Å². The van der Waals surface area contributed by atoms with E-state index in [0.717, 1.165) is 12.0 Å². The Bertz CT molecular complexity index is 713. The van der Waals surface area contributed by atoms with Crippen molar-refractivity contribution in [2.45, 2.75) is 13.0 Å². The van der Waals surface area contributed by atoms with Gasteiger partial charge in [-0.1, -0.05) is 6.07 Å². The van der Waals surface area contributed by atoms with Crippen LogP contribution in [-0.2, 0) is 13.0 Å². The molecule has 5 N–H and O–H groups in total. The van der Waals surface area contributed by atoms with E-state index in [2.05, 4.69) is 0 Å². The van der Waals surface area contributed by atoms with E-state index in [-0.39, 0.29) is 11.7 Å². The molecule has 0 radical (unpaired) electrons. The van der Waals surface area contributed by atoms with Crippen LogP contribution in [0.2, 0.25) is 0 Å². The van der Waals surface area contributed by atoms with Crippen LogP contribution in [0.5, 0.6) is 5.75 Å². The quantitative estimate of drug-likeness (QED) is 0.695. The van der Waals surface area contributed by atoms with Crippen molar-refractivity contribution >= 4 is 17.3 Å². The zero-order chi connectivity index (χ0) is 15.0. The highest BCUT2D eigenvalue weighted by atomic mass is 16.3. The Morgan fingerprint density at radius 2 is 1.90 bits per heavy atom. The monoisotopic (exact) mass is 283 g/mol. The molecule has 1 aliphatic heterocycles. The molecule has 0 atom stereocenters. The fourth-order valence-corrected chi connectivity index (χ4v) is 2.66. The minimum atomic E-state index is -0.110. The van der Waals surface area contributed by atoms with Crippen LogP contribution >= 0.6 is 0 Å². The number of hydrogen-bond donors (Lipinski definition) is 3. The van der Waals surface area contributed by atoms with E-state index >= 15 is 0 Å². The molecule has 0 saturated heterocycles. The highest BCUT2D eigenvalue weighted by molar-refractivity contribution is 5.99. The van der Waals surface area contributed by atoms with Crippen LogP contribution in [-0.4, -0.2) is 22.5 Å². The third-order valence-corrected chi connectivity index (χ3v) is 3.80. The Morgan fingerprint density at radius 1 is 1.10 bits per heavy atom. The predicted octanol–water partition coefficient (Wildman–Crippen LogP) is 1.76.